The first-order valence-electron chi connectivity index (χ1n) is 10.6. The molecule has 0 amide bonds. The van der Waals surface area contributed by atoms with Crippen molar-refractivity contribution in [2.24, 2.45) is 0 Å². The fourth-order valence-corrected chi connectivity index (χ4v) is 4.65. The van der Waals surface area contributed by atoms with Crippen molar-refractivity contribution in [3.05, 3.63) is 94.5 Å². The molecule has 6 heteroatoms. The van der Waals surface area contributed by atoms with Crippen molar-refractivity contribution in [3.63, 3.8) is 0 Å². The van der Waals surface area contributed by atoms with E-state index in [9.17, 15) is 5.26 Å². The topological polar surface area (TPSA) is 55.1 Å². The van der Waals surface area contributed by atoms with Crippen molar-refractivity contribution < 1.29 is 9.47 Å². The van der Waals surface area contributed by atoms with Gasteiger partial charge in [0.2, 0.25) is 0 Å². The van der Waals surface area contributed by atoms with Crippen LogP contribution in [0.2, 0.25) is 5.02 Å². The highest BCUT2D eigenvalue weighted by Crippen LogP contribution is 2.38. The number of benzene rings is 3. The first-order chi connectivity index (χ1) is 16.5. The van der Waals surface area contributed by atoms with Crippen molar-refractivity contribution in [1.29, 1.82) is 5.26 Å². The Morgan fingerprint density at radius 3 is 2.21 bits per heavy atom. The van der Waals surface area contributed by atoms with Crippen LogP contribution in [0.4, 0.5) is 0 Å². The third-order valence-corrected chi connectivity index (χ3v) is 6.73. The molecule has 1 heterocycles. The van der Waals surface area contributed by atoms with Crippen LogP contribution in [0.1, 0.15) is 16.7 Å². The Morgan fingerprint density at radius 1 is 0.882 bits per heavy atom. The van der Waals surface area contributed by atoms with Gasteiger partial charge in [-0.3, -0.25) is 0 Å². The summed E-state index contributed by atoms with van der Waals surface area (Å²) in [5, 5.41) is 11.5. The maximum atomic E-state index is 10.1. The molecule has 0 fully saturated rings. The van der Waals surface area contributed by atoms with Crippen molar-refractivity contribution >= 4 is 23.4 Å². The van der Waals surface area contributed by atoms with Gasteiger partial charge in [-0.25, -0.2) is 4.98 Å². The lowest BCUT2D eigenvalue weighted by Gasteiger charge is -2.14. The van der Waals surface area contributed by atoms with Gasteiger partial charge in [-0.05, 0) is 48.4 Å². The van der Waals surface area contributed by atoms with Crippen LogP contribution in [0, 0.1) is 18.3 Å². The second kappa shape index (κ2) is 10.6. The van der Waals surface area contributed by atoms with E-state index in [0.717, 1.165) is 27.9 Å². The van der Waals surface area contributed by atoms with Crippen LogP contribution in [-0.2, 0) is 5.75 Å². The summed E-state index contributed by atoms with van der Waals surface area (Å²) in [6.07, 6.45) is 0. The number of rotatable bonds is 7. The number of pyridine rings is 1. The van der Waals surface area contributed by atoms with Gasteiger partial charge in [0, 0.05) is 21.9 Å². The summed E-state index contributed by atoms with van der Waals surface area (Å²) in [7, 11) is 3.20. The number of hydrogen-bond acceptors (Lipinski definition) is 5. The zero-order valence-corrected chi connectivity index (χ0v) is 20.7. The summed E-state index contributed by atoms with van der Waals surface area (Å²) in [5.41, 5.74) is 6.27. The Hall–Kier alpha value is -3.46. The SMILES string of the molecule is COc1ccc(-c2cc(-c3ccc(C)cc3)nc(SCc3ccc(Cl)cc3)c2C#N)cc1OC. The quantitative estimate of drug-likeness (QED) is 0.252. The molecule has 3 aromatic carbocycles. The van der Waals surface area contributed by atoms with E-state index in [2.05, 4.69) is 37.3 Å². The third kappa shape index (κ3) is 5.20. The fraction of sp³-hybridized carbons (Fsp3) is 0.143. The van der Waals surface area contributed by atoms with E-state index in [1.165, 1.54) is 17.3 Å². The van der Waals surface area contributed by atoms with Crippen LogP contribution in [0.25, 0.3) is 22.4 Å². The molecule has 0 N–H and O–H groups in total. The number of methoxy groups -OCH3 is 2. The number of nitriles is 1. The van der Waals surface area contributed by atoms with Crippen LogP contribution in [-0.4, -0.2) is 19.2 Å². The zero-order valence-electron chi connectivity index (χ0n) is 19.1. The second-order valence-electron chi connectivity index (χ2n) is 7.70. The van der Waals surface area contributed by atoms with E-state index in [1.54, 1.807) is 14.2 Å². The molecule has 4 rings (SSSR count). The minimum atomic E-state index is 0.530. The van der Waals surface area contributed by atoms with Crippen molar-refractivity contribution in [3.8, 4) is 40.0 Å². The lowest BCUT2D eigenvalue weighted by molar-refractivity contribution is 0.355. The van der Waals surface area contributed by atoms with Gasteiger partial charge in [0.1, 0.15) is 11.1 Å². The van der Waals surface area contributed by atoms with E-state index in [0.29, 0.717) is 32.9 Å². The number of thioether (sulfide) groups is 1. The Labute approximate surface area is 209 Å². The van der Waals surface area contributed by atoms with E-state index < -0.39 is 0 Å². The molecule has 0 bridgehead atoms. The van der Waals surface area contributed by atoms with E-state index in [-0.39, 0.29) is 0 Å². The summed E-state index contributed by atoms with van der Waals surface area (Å²) < 4.78 is 10.9. The fourth-order valence-electron chi connectivity index (χ4n) is 3.57. The second-order valence-corrected chi connectivity index (χ2v) is 9.10. The molecule has 0 atom stereocenters. The monoisotopic (exact) mass is 486 g/mol. The highest BCUT2D eigenvalue weighted by atomic mass is 35.5. The summed E-state index contributed by atoms with van der Waals surface area (Å²) >= 11 is 7.57. The number of nitrogens with zero attached hydrogens (tertiary/aromatic N) is 2. The summed E-state index contributed by atoms with van der Waals surface area (Å²) in [6, 6.07) is 26.0. The molecule has 4 nitrogen and oxygen atoms in total. The lowest BCUT2D eigenvalue weighted by atomic mass is 9.98. The van der Waals surface area contributed by atoms with Crippen LogP contribution >= 0.6 is 23.4 Å². The number of aryl methyl sites for hydroxylation is 1. The van der Waals surface area contributed by atoms with Gasteiger partial charge in [-0.1, -0.05) is 59.6 Å². The molecular formula is C28H23ClN2O2S. The zero-order chi connectivity index (χ0) is 24.1. The van der Waals surface area contributed by atoms with Gasteiger partial charge in [-0.2, -0.15) is 5.26 Å². The number of aromatic nitrogens is 1. The number of ether oxygens (including phenoxy) is 2. The minimum Gasteiger partial charge on any atom is -0.493 e. The van der Waals surface area contributed by atoms with Crippen molar-refractivity contribution in [2.45, 2.75) is 17.7 Å². The summed E-state index contributed by atoms with van der Waals surface area (Å²) in [6.45, 7) is 2.05. The molecule has 34 heavy (non-hydrogen) atoms. The van der Waals surface area contributed by atoms with Gasteiger partial charge in [0.15, 0.2) is 11.5 Å². The van der Waals surface area contributed by atoms with E-state index >= 15 is 0 Å². The van der Waals surface area contributed by atoms with E-state index in [1.807, 2.05) is 48.5 Å². The molecule has 170 valence electrons. The molecule has 0 radical (unpaired) electrons. The minimum absolute atomic E-state index is 0.530. The van der Waals surface area contributed by atoms with Gasteiger partial charge in [0.05, 0.1) is 25.5 Å². The summed E-state index contributed by atoms with van der Waals surface area (Å²) in [4.78, 5) is 4.90. The standard InChI is InChI=1S/C28H23ClN2O2S/c1-18-4-8-20(9-5-18)25-15-23(21-10-13-26(32-2)27(14-21)33-3)24(16-30)28(31-25)34-17-19-6-11-22(29)12-7-19/h4-15H,17H2,1-3H3. The van der Waals surface area contributed by atoms with Crippen LogP contribution in [0.15, 0.2) is 77.8 Å². The Kier molecular flexibility index (Phi) is 7.42. The number of hydrogen-bond donors (Lipinski definition) is 0. The molecular weight excluding hydrogens is 464 g/mol. The highest BCUT2D eigenvalue weighted by molar-refractivity contribution is 7.98. The molecule has 0 aliphatic heterocycles. The lowest BCUT2D eigenvalue weighted by Crippen LogP contribution is -1.97. The average Bonchev–Trinajstić information content (AvgIpc) is 2.87. The molecule has 0 saturated carbocycles. The van der Waals surface area contributed by atoms with E-state index in [4.69, 9.17) is 26.1 Å². The van der Waals surface area contributed by atoms with Gasteiger partial charge in [-0.15, -0.1) is 11.8 Å². The normalized spacial score (nSPS) is 10.6. The highest BCUT2D eigenvalue weighted by Gasteiger charge is 2.17. The largest absolute Gasteiger partial charge is 0.493 e. The van der Waals surface area contributed by atoms with Crippen molar-refractivity contribution in [2.75, 3.05) is 14.2 Å². The molecule has 0 unspecified atom stereocenters. The number of halogens is 1. The maximum absolute atomic E-state index is 10.1. The Bertz CT molecular complexity index is 1350. The van der Waals surface area contributed by atoms with Crippen molar-refractivity contribution in [1.82, 2.24) is 4.98 Å². The molecule has 0 aliphatic rings. The first-order valence-corrected chi connectivity index (χ1v) is 12.0. The van der Waals surface area contributed by atoms with Gasteiger partial charge < -0.3 is 9.47 Å². The van der Waals surface area contributed by atoms with Gasteiger partial charge >= 0.3 is 0 Å². The maximum Gasteiger partial charge on any atom is 0.161 e. The van der Waals surface area contributed by atoms with Gasteiger partial charge in [0.25, 0.3) is 0 Å². The molecule has 4 aromatic rings. The Balaban J connectivity index is 1.84. The van der Waals surface area contributed by atoms with Crippen LogP contribution in [0.3, 0.4) is 0 Å². The first kappa shape index (κ1) is 23.7. The predicted octanol–water partition coefficient (Wildman–Crippen LogP) is 7.56. The van der Waals surface area contributed by atoms with Crippen LogP contribution in [0.5, 0.6) is 11.5 Å². The molecule has 0 aliphatic carbocycles. The average molecular weight is 487 g/mol. The smallest absolute Gasteiger partial charge is 0.161 e. The molecule has 0 spiro atoms. The molecule has 1 aromatic heterocycles. The van der Waals surface area contributed by atoms with Crippen LogP contribution < -0.4 is 9.47 Å². The third-order valence-electron chi connectivity index (χ3n) is 5.43. The predicted molar refractivity (Wildman–Crippen MR) is 139 cm³/mol. The molecule has 0 saturated heterocycles. The summed E-state index contributed by atoms with van der Waals surface area (Å²) in [5.74, 6) is 1.91. The Morgan fingerprint density at radius 2 is 1.56 bits per heavy atom.